The molecular formula is C5H12Si. The van der Waals surface area contributed by atoms with Crippen molar-refractivity contribution >= 4 is 10.2 Å². The van der Waals surface area contributed by atoms with E-state index in [1.165, 1.54) is 23.1 Å². The quantitative estimate of drug-likeness (QED) is 0.447. The normalized spacial score (nSPS) is 10.8. The molecule has 0 aliphatic rings. The highest BCUT2D eigenvalue weighted by molar-refractivity contribution is 6.16. The van der Waals surface area contributed by atoms with Gasteiger partial charge in [0.1, 0.15) is 0 Å². The molecule has 0 bridgehead atoms. The smallest absolute Gasteiger partial charge is 0.0287 e. The summed E-state index contributed by atoms with van der Waals surface area (Å²) in [5.74, 6) is 0. The Morgan fingerprint density at radius 1 is 1.67 bits per heavy atom. The Bertz CT molecular complexity index is 39.2. The van der Waals surface area contributed by atoms with Gasteiger partial charge in [-0.2, -0.15) is 0 Å². The molecular weight excluding hydrogens is 88.1 g/mol. The van der Waals surface area contributed by atoms with Crippen LogP contribution in [0, 0.1) is 0 Å². The van der Waals surface area contributed by atoms with E-state index in [1.54, 1.807) is 0 Å². The van der Waals surface area contributed by atoms with Crippen molar-refractivity contribution < 1.29 is 0 Å². The summed E-state index contributed by atoms with van der Waals surface area (Å²) in [7, 11) is 1.22. The molecule has 0 unspecified atom stereocenters. The Morgan fingerprint density at radius 2 is 2.33 bits per heavy atom. The van der Waals surface area contributed by atoms with Crippen molar-refractivity contribution in [3.05, 3.63) is 11.8 Å². The standard InChI is InChI=1S/C5H12Si/c1-2-3-4-5-6/h4-5H,2-3H2,1,6H3. The largest absolute Gasteiger partial charge is 0.109 e. The molecule has 0 spiro atoms. The summed E-state index contributed by atoms with van der Waals surface area (Å²) in [6, 6.07) is 0. The number of rotatable bonds is 2. The van der Waals surface area contributed by atoms with Crippen molar-refractivity contribution in [2.45, 2.75) is 19.8 Å². The first-order valence-corrected chi connectivity index (χ1v) is 3.68. The van der Waals surface area contributed by atoms with Crippen molar-refractivity contribution in [1.29, 1.82) is 0 Å². The van der Waals surface area contributed by atoms with Gasteiger partial charge < -0.3 is 0 Å². The SMILES string of the molecule is CCCC=C[SiH3]. The van der Waals surface area contributed by atoms with Crippen LogP contribution in [-0.4, -0.2) is 10.2 Å². The lowest BCUT2D eigenvalue weighted by atomic mass is 10.3. The van der Waals surface area contributed by atoms with Crippen LogP contribution in [0.25, 0.3) is 0 Å². The third-order valence-electron chi connectivity index (χ3n) is 0.691. The first kappa shape index (κ1) is 5.96. The van der Waals surface area contributed by atoms with Crippen LogP contribution in [0.5, 0.6) is 0 Å². The molecule has 0 amide bonds. The average molecular weight is 100 g/mol. The molecule has 0 N–H and O–H groups in total. The van der Waals surface area contributed by atoms with Gasteiger partial charge in [-0.25, -0.2) is 0 Å². The lowest BCUT2D eigenvalue weighted by Crippen LogP contribution is -1.58. The third-order valence-corrected chi connectivity index (χ3v) is 1.16. The molecule has 0 radical (unpaired) electrons. The fourth-order valence-electron chi connectivity index (χ4n) is 0.333. The van der Waals surface area contributed by atoms with Gasteiger partial charge >= 0.3 is 0 Å². The van der Waals surface area contributed by atoms with Crippen LogP contribution >= 0.6 is 0 Å². The highest BCUT2D eigenvalue weighted by Crippen LogP contribution is 1.84. The number of hydrogen-bond donors (Lipinski definition) is 0. The summed E-state index contributed by atoms with van der Waals surface area (Å²) >= 11 is 0. The van der Waals surface area contributed by atoms with Gasteiger partial charge in [0.2, 0.25) is 0 Å². The predicted octanol–water partition coefficient (Wildman–Crippen LogP) is 0.666. The van der Waals surface area contributed by atoms with E-state index in [2.05, 4.69) is 18.7 Å². The lowest BCUT2D eigenvalue weighted by Gasteiger charge is -1.76. The summed E-state index contributed by atoms with van der Waals surface area (Å²) in [6.45, 7) is 2.20. The molecule has 0 rings (SSSR count). The van der Waals surface area contributed by atoms with E-state index in [-0.39, 0.29) is 0 Å². The molecule has 0 nitrogen and oxygen atoms in total. The fraction of sp³-hybridized carbons (Fsp3) is 0.600. The minimum atomic E-state index is 1.22. The molecule has 0 heterocycles. The zero-order chi connectivity index (χ0) is 4.83. The summed E-state index contributed by atoms with van der Waals surface area (Å²) in [4.78, 5) is 0. The monoisotopic (exact) mass is 100 g/mol. The van der Waals surface area contributed by atoms with E-state index in [0.29, 0.717) is 0 Å². The van der Waals surface area contributed by atoms with Gasteiger partial charge in [0.15, 0.2) is 0 Å². The van der Waals surface area contributed by atoms with E-state index >= 15 is 0 Å². The van der Waals surface area contributed by atoms with Crippen LogP contribution in [0.2, 0.25) is 0 Å². The Hall–Kier alpha value is -0.0431. The van der Waals surface area contributed by atoms with Crippen LogP contribution in [0.4, 0.5) is 0 Å². The molecule has 0 saturated heterocycles. The fourth-order valence-corrected chi connectivity index (χ4v) is 0.667. The highest BCUT2D eigenvalue weighted by Gasteiger charge is 1.64. The van der Waals surface area contributed by atoms with Crippen molar-refractivity contribution in [1.82, 2.24) is 0 Å². The molecule has 0 aliphatic carbocycles. The van der Waals surface area contributed by atoms with Gasteiger partial charge in [-0.1, -0.05) is 19.4 Å². The lowest BCUT2D eigenvalue weighted by molar-refractivity contribution is 0.960. The van der Waals surface area contributed by atoms with Crippen LogP contribution in [0.1, 0.15) is 19.8 Å². The van der Waals surface area contributed by atoms with Gasteiger partial charge in [-0.15, -0.1) is 5.70 Å². The Balaban J connectivity index is 2.66. The highest BCUT2D eigenvalue weighted by atomic mass is 28.1. The number of allylic oxidation sites excluding steroid dienone is 1. The second kappa shape index (κ2) is 4.96. The minimum absolute atomic E-state index is 1.22. The van der Waals surface area contributed by atoms with Crippen LogP contribution in [0.15, 0.2) is 11.8 Å². The molecule has 0 aromatic heterocycles. The number of unbranched alkanes of at least 4 members (excludes halogenated alkanes) is 1. The summed E-state index contributed by atoms with van der Waals surface area (Å²) in [5, 5.41) is 0. The molecule has 0 atom stereocenters. The van der Waals surface area contributed by atoms with Gasteiger partial charge in [0, 0.05) is 10.2 Å². The van der Waals surface area contributed by atoms with E-state index in [0.717, 1.165) is 0 Å². The first-order chi connectivity index (χ1) is 2.91. The van der Waals surface area contributed by atoms with Gasteiger partial charge in [0.25, 0.3) is 0 Å². The summed E-state index contributed by atoms with van der Waals surface area (Å²) < 4.78 is 0. The molecule has 0 saturated carbocycles. The topological polar surface area (TPSA) is 0 Å². The Morgan fingerprint density at radius 3 is 2.50 bits per heavy atom. The van der Waals surface area contributed by atoms with Crippen molar-refractivity contribution in [2.75, 3.05) is 0 Å². The first-order valence-electron chi connectivity index (χ1n) is 2.53. The van der Waals surface area contributed by atoms with Gasteiger partial charge in [0.05, 0.1) is 0 Å². The maximum absolute atomic E-state index is 2.24. The molecule has 0 fully saturated rings. The second-order valence-corrected chi connectivity index (χ2v) is 2.02. The van der Waals surface area contributed by atoms with E-state index in [9.17, 15) is 0 Å². The third kappa shape index (κ3) is 3.96. The molecule has 36 valence electrons. The van der Waals surface area contributed by atoms with Crippen LogP contribution < -0.4 is 0 Å². The Kier molecular flexibility index (Phi) is 4.92. The van der Waals surface area contributed by atoms with E-state index in [4.69, 9.17) is 0 Å². The molecule has 0 aliphatic heterocycles. The van der Waals surface area contributed by atoms with E-state index < -0.39 is 0 Å². The van der Waals surface area contributed by atoms with Crippen LogP contribution in [-0.2, 0) is 0 Å². The van der Waals surface area contributed by atoms with Crippen molar-refractivity contribution in [3.8, 4) is 0 Å². The molecule has 1 heteroatoms. The maximum atomic E-state index is 2.24. The Labute approximate surface area is 42.7 Å². The second-order valence-electron chi connectivity index (χ2n) is 1.36. The van der Waals surface area contributed by atoms with Gasteiger partial charge in [-0.3, -0.25) is 0 Å². The van der Waals surface area contributed by atoms with E-state index in [1.807, 2.05) is 0 Å². The molecule has 0 aromatic rings. The number of hydrogen-bond acceptors (Lipinski definition) is 0. The van der Waals surface area contributed by atoms with Crippen LogP contribution in [0.3, 0.4) is 0 Å². The molecule has 0 aromatic carbocycles. The minimum Gasteiger partial charge on any atom is -0.109 e. The van der Waals surface area contributed by atoms with Gasteiger partial charge in [-0.05, 0) is 6.42 Å². The van der Waals surface area contributed by atoms with Crippen molar-refractivity contribution in [2.24, 2.45) is 0 Å². The zero-order valence-electron chi connectivity index (χ0n) is 4.57. The zero-order valence-corrected chi connectivity index (χ0v) is 6.57. The summed E-state index contributed by atoms with van der Waals surface area (Å²) in [6.07, 6.45) is 4.80. The predicted molar refractivity (Wildman–Crippen MR) is 34.0 cm³/mol. The maximum Gasteiger partial charge on any atom is 0.0287 e. The average Bonchev–Trinajstić information content (AvgIpc) is 1.61. The summed E-state index contributed by atoms with van der Waals surface area (Å²) in [5.41, 5.74) is 2.23. The molecule has 6 heavy (non-hydrogen) atoms. The van der Waals surface area contributed by atoms with Crippen molar-refractivity contribution in [3.63, 3.8) is 0 Å².